The van der Waals surface area contributed by atoms with Crippen LogP contribution in [-0.4, -0.2) is 73.3 Å². The zero-order valence-electron chi connectivity index (χ0n) is 14.2. The van der Waals surface area contributed by atoms with Crippen molar-refractivity contribution in [3.8, 4) is 0 Å². The van der Waals surface area contributed by atoms with Crippen molar-refractivity contribution in [3.63, 3.8) is 0 Å². The number of rotatable bonds is 3. The summed E-state index contributed by atoms with van der Waals surface area (Å²) in [5.74, 6) is 0.650. The fourth-order valence-corrected chi connectivity index (χ4v) is 3.49. The third kappa shape index (κ3) is 4.97. The second-order valence-electron chi connectivity index (χ2n) is 6.93. The Labute approximate surface area is 134 Å². The molecule has 0 saturated carbocycles. The average molecular weight is 309 g/mol. The number of hydrogen-bond donors (Lipinski definition) is 0. The van der Waals surface area contributed by atoms with Crippen molar-refractivity contribution in [1.82, 2.24) is 14.7 Å². The van der Waals surface area contributed by atoms with Crippen LogP contribution in [0.2, 0.25) is 0 Å². The number of hydrogen-bond acceptors (Lipinski definition) is 3. The summed E-state index contributed by atoms with van der Waals surface area (Å²) in [5, 5.41) is 0. The highest BCUT2D eigenvalue weighted by Crippen LogP contribution is 2.19. The number of likely N-dealkylation sites (tertiary alicyclic amines) is 2. The van der Waals surface area contributed by atoms with Gasteiger partial charge in [-0.05, 0) is 38.8 Å². The fraction of sp³-hybridized carbons (Fsp3) is 0.882. The second-order valence-corrected chi connectivity index (χ2v) is 6.93. The quantitative estimate of drug-likeness (QED) is 0.795. The van der Waals surface area contributed by atoms with Crippen LogP contribution in [-0.2, 0) is 9.59 Å². The highest BCUT2D eigenvalue weighted by Gasteiger charge is 2.27. The minimum absolute atomic E-state index is 0.142. The number of amides is 2. The van der Waals surface area contributed by atoms with Crippen LogP contribution in [0.25, 0.3) is 0 Å². The Morgan fingerprint density at radius 2 is 1.45 bits per heavy atom. The molecule has 0 N–H and O–H groups in total. The van der Waals surface area contributed by atoms with E-state index in [0.717, 1.165) is 51.9 Å². The molecule has 0 aromatic carbocycles. The van der Waals surface area contributed by atoms with Crippen LogP contribution in [0, 0.1) is 5.92 Å². The fourth-order valence-electron chi connectivity index (χ4n) is 3.49. The average Bonchev–Trinajstić information content (AvgIpc) is 2.46. The first-order valence-corrected chi connectivity index (χ1v) is 8.79. The molecular formula is C17H31N3O2. The van der Waals surface area contributed by atoms with Gasteiger partial charge in [-0.25, -0.2) is 0 Å². The third-order valence-electron chi connectivity index (χ3n) is 4.95. The summed E-state index contributed by atoms with van der Waals surface area (Å²) in [6.07, 6.45) is 7.87. The van der Waals surface area contributed by atoms with E-state index in [1.807, 2.05) is 14.1 Å². The predicted octanol–water partition coefficient (Wildman–Crippen LogP) is 1.58. The lowest BCUT2D eigenvalue weighted by Gasteiger charge is -2.33. The molecular weight excluding hydrogens is 278 g/mol. The molecule has 2 rings (SSSR count). The van der Waals surface area contributed by atoms with Crippen LogP contribution < -0.4 is 0 Å². The van der Waals surface area contributed by atoms with Gasteiger partial charge in [0, 0.05) is 33.1 Å². The zero-order valence-corrected chi connectivity index (χ0v) is 14.2. The first-order chi connectivity index (χ1) is 10.6. The van der Waals surface area contributed by atoms with Gasteiger partial charge in [-0.1, -0.05) is 19.3 Å². The van der Waals surface area contributed by atoms with Crippen LogP contribution in [0.15, 0.2) is 0 Å². The number of nitrogens with zero attached hydrogens (tertiary/aromatic N) is 3. The summed E-state index contributed by atoms with van der Waals surface area (Å²) in [6.45, 7) is 4.11. The molecule has 22 heavy (non-hydrogen) atoms. The number of piperidine rings is 1. The molecule has 0 aliphatic carbocycles. The lowest BCUT2D eigenvalue weighted by Crippen LogP contribution is -2.46. The molecule has 2 aliphatic rings. The number of carbonyl (C=O) groups excluding carboxylic acids is 2. The normalized spacial score (nSPS) is 22.0. The van der Waals surface area contributed by atoms with Gasteiger partial charge in [-0.3, -0.25) is 14.5 Å². The molecule has 0 spiro atoms. The maximum absolute atomic E-state index is 12.5. The molecule has 5 nitrogen and oxygen atoms in total. The largest absolute Gasteiger partial charge is 0.349 e. The van der Waals surface area contributed by atoms with E-state index < -0.39 is 0 Å². The SMILES string of the molecule is CN(C)C(=O)C1CCN(CC(=O)N2CCCCCCC2)CC1. The molecule has 2 amide bonds. The van der Waals surface area contributed by atoms with Crippen LogP contribution in [0.4, 0.5) is 0 Å². The van der Waals surface area contributed by atoms with Gasteiger partial charge >= 0.3 is 0 Å². The Kier molecular flexibility index (Phi) is 6.68. The van der Waals surface area contributed by atoms with Crippen LogP contribution in [0.5, 0.6) is 0 Å². The second kappa shape index (κ2) is 8.51. The van der Waals surface area contributed by atoms with Crippen molar-refractivity contribution in [1.29, 1.82) is 0 Å². The summed E-state index contributed by atoms with van der Waals surface area (Å²) in [5.41, 5.74) is 0. The van der Waals surface area contributed by atoms with E-state index in [2.05, 4.69) is 9.80 Å². The van der Waals surface area contributed by atoms with E-state index in [1.54, 1.807) is 4.90 Å². The highest BCUT2D eigenvalue weighted by molar-refractivity contribution is 5.79. The van der Waals surface area contributed by atoms with Crippen molar-refractivity contribution < 1.29 is 9.59 Å². The van der Waals surface area contributed by atoms with Crippen LogP contribution in [0.1, 0.15) is 44.9 Å². The van der Waals surface area contributed by atoms with E-state index in [9.17, 15) is 9.59 Å². The first kappa shape index (κ1) is 17.3. The Hall–Kier alpha value is -1.10. The van der Waals surface area contributed by atoms with Crippen molar-refractivity contribution in [3.05, 3.63) is 0 Å². The molecule has 0 atom stereocenters. The van der Waals surface area contributed by atoms with Gasteiger partial charge in [0.15, 0.2) is 0 Å². The molecule has 5 heteroatoms. The number of carbonyl (C=O) groups is 2. The van der Waals surface area contributed by atoms with Gasteiger partial charge in [0.1, 0.15) is 0 Å². The molecule has 0 unspecified atom stereocenters. The zero-order chi connectivity index (χ0) is 15.9. The van der Waals surface area contributed by atoms with Crippen molar-refractivity contribution in [2.45, 2.75) is 44.9 Å². The smallest absolute Gasteiger partial charge is 0.236 e. The van der Waals surface area contributed by atoms with Crippen molar-refractivity contribution >= 4 is 11.8 Å². The minimum Gasteiger partial charge on any atom is -0.349 e. The van der Waals surface area contributed by atoms with Gasteiger partial charge in [0.05, 0.1) is 6.54 Å². The molecule has 0 radical (unpaired) electrons. The first-order valence-electron chi connectivity index (χ1n) is 8.79. The maximum Gasteiger partial charge on any atom is 0.236 e. The summed E-state index contributed by atoms with van der Waals surface area (Å²) >= 11 is 0. The lowest BCUT2D eigenvalue weighted by molar-refractivity contribution is -0.135. The monoisotopic (exact) mass is 309 g/mol. The van der Waals surface area contributed by atoms with E-state index in [4.69, 9.17) is 0 Å². The maximum atomic E-state index is 12.5. The minimum atomic E-state index is 0.142. The summed E-state index contributed by atoms with van der Waals surface area (Å²) in [7, 11) is 3.64. The molecule has 2 fully saturated rings. The Morgan fingerprint density at radius 1 is 0.909 bits per heavy atom. The Balaban J connectivity index is 1.75. The molecule has 2 saturated heterocycles. The Morgan fingerprint density at radius 3 is 2.00 bits per heavy atom. The summed E-state index contributed by atoms with van der Waals surface area (Å²) < 4.78 is 0. The molecule has 0 aromatic heterocycles. The van der Waals surface area contributed by atoms with Crippen molar-refractivity contribution in [2.24, 2.45) is 5.92 Å². The van der Waals surface area contributed by atoms with E-state index in [0.29, 0.717) is 6.54 Å². The van der Waals surface area contributed by atoms with E-state index in [1.165, 1.54) is 19.3 Å². The van der Waals surface area contributed by atoms with Crippen LogP contribution in [0.3, 0.4) is 0 Å². The van der Waals surface area contributed by atoms with Crippen molar-refractivity contribution in [2.75, 3.05) is 46.8 Å². The van der Waals surface area contributed by atoms with Gasteiger partial charge in [0.25, 0.3) is 0 Å². The van der Waals surface area contributed by atoms with Gasteiger partial charge in [0.2, 0.25) is 11.8 Å². The molecule has 126 valence electrons. The summed E-state index contributed by atoms with van der Waals surface area (Å²) in [4.78, 5) is 30.4. The third-order valence-corrected chi connectivity index (χ3v) is 4.95. The topological polar surface area (TPSA) is 43.9 Å². The molecule has 0 aromatic rings. The van der Waals surface area contributed by atoms with E-state index >= 15 is 0 Å². The Bertz CT molecular complexity index is 368. The standard InChI is InChI=1S/C17H31N3O2/c1-18(2)17(22)15-8-12-19(13-9-15)14-16(21)20-10-6-4-3-5-7-11-20/h15H,3-14H2,1-2H3. The molecule has 2 aliphatic heterocycles. The molecule has 2 heterocycles. The molecule has 0 bridgehead atoms. The van der Waals surface area contributed by atoms with Crippen LogP contribution >= 0.6 is 0 Å². The van der Waals surface area contributed by atoms with E-state index in [-0.39, 0.29) is 17.7 Å². The lowest BCUT2D eigenvalue weighted by atomic mass is 9.95. The predicted molar refractivity (Wildman–Crippen MR) is 87.5 cm³/mol. The summed E-state index contributed by atoms with van der Waals surface area (Å²) in [6, 6.07) is 0. The van der Waals surface area contributed by atoms with Gasteiger partial charge in [-0.15, -0.1) is 0 Å². The van der Waals surface area contributed by atoms with Gasteiger partial charge < -0.3 is 9.80 Å². The highest BCUT2D eigenvalue weighted by atomic mass is 16.2. The van der Waals surface area contributed by atoms with Gasteiger partial charge in [-0.2, -0.15) is 0 Å².